The molecule has 0 amide bonds. The van der Waals surface area contributed by atoms with E-state index in [1.54, 1.807) is 6.07 Å². The number of allylic oxidation sites excluding steroid dienone is 1. The fourth-order valence-corrected chi connectivity index (χ4v) is 3.31. The largest absolute Gasteiger partial charge is 0.508 e. The predicted octanol–water partition coefficient (Wildman–Crippen LogP) is 3.59. The number of rotatable bonds is 3. The lowest BCUT2D eigenvalue weighted by molar-refractivity contribution is -0.132. The lowest BCUT2D eigenvalue weighted by atomic mass is 9.80. The van der Waals surface area contributed by atoms with Crippen molar-refractivity contribution in [2.75, 3.05) is 7.11 Å². The summed E-state index contributed by atoms with van der Waals surface area (Å²) in [6.45, 7) is 0. The number of methoxy groups -OCH3 is 1. The van der Waals surface area contributed by atoms with E-state index in [2.05, 4.69) is 20.7 Å². The van der Waals surface area contributed by atoms with Gasteiger partial charge in [-0.25, -0.2) is 4.79 Å². The molecule has 7 heteroatoms. The van der Waals surface area contributed by atoms with Crippen molar-refractivity contribution in [2.45, 2.75) is 31.5 Å². The van der Waals surface area contributed by atoms with E-state index < -0.39 is 6.16 Å². The fourth-order valence-electron chi connectivity index (χ4n) is 2.94. The van der Waals surface area contributed by atoms with Crippen molar-refractivity contribution in [1.29, 1.82) is 0 Å². The summed E-state index contributed by atoms with van der Waals surface area (Å²) >= 11 is 3.38. The molecule has 6 nitrogen and oxygen atoms in total. The number of ketones is 1. The Kier molecular flexibility index (Phi) is 5.08. The average molecular weight is 397 g/mol. The van der Waals surface area contributed by atoms with E-state index in [4.69, 9.17) is 14.2 Å². The molecule has 0 saturated heterocycles. The van der Waals surface area contributed by atoms with Crippen LogP contribution in [0.25, 0.3) is 0 Å². The van der Waals surface area contributed by atoms with Crippen molar-refractivity contribution in [3.05, 3.63) is 40.8 Å². The normalized spacial score (nSPS) is 25.8. The van der Waals surface area contributed by atoms with E-state index >= 15 is 0 Å². The molecule has 3 rings (SSSR count). The van der Waals surface area contributed by atoms with Gasteiger partial charge in [0, 0.05) is 6.42 Å². The van der Waals surface area contributed by atoms with Gasteiger partial charge in [0.15, 0.2) is 0 Å². The highest BCUT2D eigenvalue weighted by atomic mass is 79.9. The van der Waals surface area contributed by atoms with Gasteiger partial charge in [0.25, 0.3) is 0 Å². The third-order valence-corrected chi connectivity index (χ3v) is 4.81. The molecule has 3 atom stereocenters. The topological polar surface area (TPSA) is 71.1 Å². The van der Waals surface area contributed by atoms with Gasteiger partial charge >= 0.3 is 6.16 Å². The highest BCUT2D eigenvalue weighted by Gasteiger charge is 2.42. The number of hydrogen-bond donors (Lipinski definition) is 0. The molecule has 128 valence electrons. The van der Waals surface area contributed by atoms with Gasteiger partial charge in [-0.3, -0.25) is 4.79 Å². The Labute approximate surface area is 147 Å². The average Bonchev–Trinajstić information content (AvgIpc) is 2.59. The summed E-state index contributed by atoms with van der Waals surface area (Å²) in [6.07, 6.45) is 1.65. The molecule has 1 aliphatic heterocycles. The van der Waals surface area contributed by atoms with Crippen LogP contribution in [0.3, 0.4) is 0 Å². The maximum Gasteiger partial charge on any atom is 0.508 e. The maximum absolute atomic E-state index is 12.6. The molecule has 0 aromatic heterocycles. The first kappa shape index (κ1) is 16.8. The molecule has 24 heavy (non-hydrogen) atoms. The van der Waals surface area contributed by atoms with E-state index in [1.807, 2.05) is 18.2 Å². The Morgan fingerprint density at radius 3 is 2.83 bits per heavy atom. The third kappa shape index (κ3) is 3.56. The molecular weight excluding hydrogens is 380 g/mol. The van der Waals surface area contributed by atoms with E-state index in [1.165, 1.54) is 13.4 Å². The first-order chi connectivity index (χ1) is 11.6. The van der Waals surface area contributed by atoms with Crippen molar-refractivity contribution in [3.8, 4) is 5.75 Å². The quantitative estimate of drug-likeness (QED) is 0.727. The zero-order valence-electron chi connectivity index (χ0n) is 13.1. The lowest BCUT2D eigenvalue weighted by Crippen LogP contribution is -2.43. The Morgan fingerprint density at radius 2 is 2.08 bits per heavy atom. The molecule has 1 aromatic rings. The minimum absolute atomic E-state index is 0.0847. The van der Waals surface area contributed by atoms with Crippen LogP contribution in [0.1, 0.15) is 19.3 Å². The Balaban J connectivity index is 1.67. The van der Waals surface area contributed by atoms with Crippen LogP contribution in [0.4, 0.5) is 4.79 Å². The molecule has 0 spiro atoms. The number of hydrogen-bond acceptors (Lipinski definition) is 6. The molecule has 1 saturated carbocycles. The van der Waals surface area contributed by atoms with Crippen LogP contribution in [0.2, 0.25) is 0 Å². The van der Waals surface area contributed by atoms with Crippen LogP contribution >= 0.6 is 15.9 Å². The summed E-state index contributed by atoms with van der Waals surface area (Å²) in [5.74, 6) is 0.376. The van der Waals surface area contributed by atoms with Gasteiger partial charge in [-0.2, -0.15) is 0 Å². The number of fused-ring (bicyclic) bond motifs is 1. The summed E-state index contributed by atoms with van der Waals surface area (Å²) in [5, 5.41) is 0. The summed E-state index contributed by atoms with van der Waals surface area (Å²) < 4.78 is 21.8. The molecule has 1 heterocycles. The van der Waals surface area contributed by atoms with E-state index in [0.29, 0.717) is 25.0 Å². The smallest absolute Gasteiger partial charge is 0.493 e. The van der Waals surface area contributed by atoms with Crippen molar-refractivity contribution < 1.29 is 28.5 Å². The van der Waals surface area contributed by atoms with E-state index in [-0.39, 0.29) is 29.7 Å². The molecule has 1 fully saturated rings. The molecule has 0 bridgehead atoms. The van der Waals surface area contributed by atoms with Gasteiger partial charge in [0.1, 0.15) is 24.2 Å². The molecule has 3 unspecified atom stereocenters. The van der Waals surface area contributed by atoms with Crippen LogP contribution < -0.4 is 4.74 Å². The minimum atomic E-state index is -0.714. The predicted molar refractivity (Wildman–Crippen MR) is 87.4 cm³/mol. The Bertz CT molecular complexity index is 671. The zero-order valence-corrected chi connectivity index (χ0v) is 14.7. The Morgan fingerprint density at radius 1 is 1.29 bits per heavy atom. The van der Waals surface area contributed by atoms with Gasteiger partial charge in [-0.15, -0.1) is 0 Å². The van der Waals surface area contributed by atoms with E-state index in [9.17, 15) is 9.59 Å². The SMILES string of the molecule is COC(=O)OC1CCC2C(=O)C(Oc3ccccc3Br)=COC2C1. The molecule has 0 N–H and O–H groups in total. The zero-order chi connectivity index (χ0) is 17.1. The van der Waals surface area contributed by atoms with Gasteiger partial charge in [-0.1, -0.05) is 12.1 Å². The second kappa shape index (κ2) is 7.25. The van der Waals surface area contributed by atoms with Crippen molar-refractivity contribution in [1.82, 2.24) is 0 Å². The molecule has 1 aromatic carbocycles. The third-order valence-electron chi connectivity index (χ3n) is 4.16. The standard InChI is InChI=1S/C17H17BrO6/c1-21-17(20)23-10-6-7-11-14(8-10)22-9-15(16(11)19)24-13-5-3-2-4-12(13)18/h2-5,9-11,14H,6-8H2,1H3. The van der Waals surface area contributed by atoms with Crippen LogP contribution in [0, 0.1) is 5.92 Å². The van der Waals surface area contributed by atoms with Crippen molar-refractivity contribution >= 4 is 27.9 Å². The number of para-hydroxylation sites is 1. The summed E-state index contributed by atoms with van der Waals surface area (Å²) in [4.78, 5) is 23.8. The van der Waals surface area contributed by atoms with Crippen LogP contribution in [0.15, 0.2) is 40.8 Å². The van der Waals surface area contributed by atoms with Crippen LogP contribution in [-0.2, 0) is 19.0 Å². The monoisotopic (exact) mass is 396 g/mol. The molecular formula is C17H17BrO6. The summed E-state index contributed by atoms with van der Waals surface area (Å²) in [5.41, 5.74) is 0. The second-order valence-electron chi connectivity index (χ2n) is 5.67. The minimum Gasteiger partial charge on any atom is -0.493 e. The molecule has 2 aliphatic rings. The maximum atomic E-state index is 12.6. The van der Waals surface area contributed by atoms with Crippen LogP contribution in [0.5, 0.6) is 5.75 Å². The van der Waals surface area contributed by atoms with Gasteiger partial charge in [0.05, 0.1) is 17.5 Å². The summed E-state index contributed by atoms with van der Waals surface area (Å²) in [6, 6.07) is 7.30. The fraction of sp³-hybridized carbons (Fsp3) is 0.412. The highest BCUT2D eigenvalue weighted by molar-refractivity contribution is 9.10. The number of benzene rings is 1. The number of Topliss-reactive ketones (excluding diaryl/α,β-unsaturated/α-hetero) is 1. The number of carbonyl (C=O) groups excluding carboxylic acids is 2. The second-order valence-corrected chi connectivity index (χ2v) is 6.52. The molecule has 0 radical (unpaired) electrons. The van der Waals surface area contributed by atoms with Gasteiger partial charge in [0.2, 0.25) is 11.5 Å². The number of carbonyl (C=O) groups is 2. The lowest BCUT2D eigenvalue weighted by Gasteiger charge is -2.36. The molecule has 1 aliphatic carbocycles. The summed E-state index contributed by atoms with van der Waals surface area (Å²) in [7, 11) is 1.27. The first-order valence-corrected chi connectivity index (χ1v) is 8.44. The van der Waals surface area contributed by atoms with Gasteiger partial charge in [-0.05, 0) is 40.9 Å². The van der Waals surface area contributed by atoms with Crippen molar-refractivity contribution in [3.63, 3.8) is 0 Å². The van der Waals surface area contributed by atoms with Crippen LogP contribution in [-0.4, -0.2) is 31.3 Å². The number of halogens is 1. The Hall–Kier alpha value is -2.02. The first-order valence-electron chi connectivity index (χ1n) is 7.65. The number of ether oxygens (including phenoxy) is 4. The van der Waals surface area contributed by atoms with Gasteiger partial charge < -0.3 is 18.9 Å². The van der Waals surface area contributed by atoms with Crippen molar-refractivity contribution in [2.24, 2.45) is 5.92 Å². The highest BCUT2D eigenvalue weighted by Crippen LogP contribution is 2.36. The van der Waals surface area contributed by atoms with E-state index in [0.717, 1.165) is 4.47 Å².